The van der Waals surface area contributed by atoms with E-state index in [9.17, 15) is 8.42 Å². The van der Waals surface area contributed by atoms with Crippen LogP contribution in [0.4, 0.5) is 0 Å². The number of aromatic amines is 1. The van der Waals surface area contributed by atoms with Crippen LogP contribution in [0.5, 0.6) is 0 Å². The van der Waals surface area contributed by atoms with Crippen LogP contribution in [-0.2, 0) is 22.9 Å². The minimum absolute atomic E-state index is 0.205. The molecule has 2 aromatic carbocycles. The van der Waals surface area contributed by atoms with Crippen molar-refractivity contribution in [1.82, 2.24) is 4.98 Å². The van der Waals surface area contributed by atoms with Crippen molar-refractivity contribution in [2.45, 2.75) is 31.6 Å². The van der Waals surface area contributed by atoms with Gasteiger partial charge in [0.05, 0.1) is 16.3 Å². The van der Waals surface area contributed by atoms with Crippen molar-refractivity contribution in [1.29, 1.82) is 0 Å². The van der Waals surface area contributed by atoms with Crippen LogP contribution in [0, 0.1) is 6.92 Å². The molecule has 0 aliphatic carbocycles. The number of nitrogens with zero attached hydrogens (tertiary/aromatic N) is 1. The number of aromatic nitrogens is 1. The molecule has 1 aromatic heterocycles. The van der Waals surface area contributed by atoms with Gasteiger partial charge in [-0.05, 0) is 43.2 Å². The Morgan fingerprint density at radius 3 is 2.27 bits per heavy atom. The van der Waals surface area contributed by atoms with Crippen LogP contribution < -0.4 is 0 Å². The fourth-order valence-corrected chi connectivity index (χ4v) is 3.73. The summed E-state index contributed by atoms with van der Waals surface area (Å²) >= 11 is 0. The van der Waals surface area contributed by atoms with E-state index in [0.29, 0.717) is 12.1 Å². The Balaban J connectivity index is 2.03. The van der Waals surface area contributed by atoms with Gasteiger partial charge in [0.15, 0.2) is 0 Å². The number of hydrogen-bond donors (Lipinski definition) is 1. The number of hydrogen-bond acceptors (Lipinski definition) is 2. The first-order valence-corrected chi connectivity index (χ1v) is 10.0. The summed E-state index contributed by atoms with van der Waals surface area (Å²) in [4.78, 5) is 3.48. The van der Waals surface area contributed by atoms with Gasteiger partial charge in [-0.15, -0.1) is 0 Å². The van der Waals surface area contributed by atoms with Gasteiger partial charge in [-0.1, -0.05) is 55.0 Å². The number of rotatable bonds is 6. The van der Waals surface area contributed by atoms with E-state index < -0.39 is 10.0 Å². The Kier molecular flexibility index (Phi) is 5.38. The highest BCUT2D eigenvalue weighted by atomic mass is 32.2. The second-order valence-electron chi connectivity index (χ2n) is 6.24. The monoisotopic (exact) mass is 366 g/mol. The van der Waals surface area contributed by atoms with Gasteiger partial charge >= 0.3 is 0 Å². The fraction of sp³-hybridized carbons (Fsp3) is 0.190. The fourth-order valence-electron chi connectivity index (χ4n) is 2.69. The highest BCUT2D eigenvalue weighted by molar-refractivity contribution is 7.90. The summed E-state index contributed by atoms with van der Waals surface area (Å²) in [5.41, 5.74) is 4.32. The smallest absolute Gasteiger partial charge is 0.282 e. The van der Waals surface area contributed by atoms with Crippen molar-refractivity contribution >= 4 is 15.7 Å². The van der Waals surface area contributed by atoms with E-state index in [1.165, 1.54) is 0 Å². The standard InChI is InChI=1S/C21H22N2O2S/c1-3-18-11-14-20(22-18)21(15-17-7-5-4-6-8-17)23-26(24,25)19-12-9-16(2)10-13-19/h4-14,22H,3,15H2,1-2H3/b23-21+. The molecule has 0 fully saturated rings. The summed E-state index contributed by atoms with van der Waals surface area (Å²) in [5.74, 6) is 0. The second-order valence-corrected chi connectivity index (χ2v) is 7.84. The highest BCUT2D eigenvalue weighted by Crippen LogP contribution is 2.17. The van der Waals surface area contributed by atoms with Crippen molar-refractivity contribution in [2.75, 3.05) is 0 Å². The maximum absolute atomic E-state index is 12.8. The maximum Gasteiger partial charge on any atom is 0.282 e. The number of H-pyrrole nitrogens is 1. The molecular weight excluding hydrogens is 344 g/mol. The lowest BCUT2D eigenvalue weighted by atomic mass is 10.1. The molecule has 0 aliphatic rings. The quantitative estimate of drug-likeness (QED) is 0.661. The molecule has 0 saturated heterocycles. The molecule has 0 atom stereocenters. The third kappa shape index (κ3) is 4.29. The Bertz CT molecular complexity index is 1000. The molecule has 0 radical (unpaired) electrons. The minimum Gasteiger partial charge on any atom is -0.357 e. The van der Waals surface area contributed by atoms with Gasteiger partial charge < -0.3 is 4.98 Å². The normalized spacial score (nSPS) is 12.3. The number of nitrogens with one attached hydrogen (secondary N) is 1. The third-order valence-electron chi connectivity index (χ3n) is 4.20. The Hall–Kier alpha value is -2.66. The Morgan fingerprint density at radius 1 is 0.962 bits per heavy atom. The SMILES string of the molecule is CCc1ccc(/C(Cc2ccccc2)=N/S(=O)(=O)c2ccc(C)cc2)[nH]1. The van der Waals surface area contributed by atoms with Crippen LogP contribution in [0.25, 0.3) is 0 Å². The van der Waals surface area contributed by atoms with Crippen molar-refractivity contribution < 1.29 is 8.42 Å². The van der Waals surface area contributed by atoms with E-state index in [1.807, 2.05) is 56.3 Å². The van der Waals surface area contributed by atoms with E-state index in [1.54, 1.807) is 24.3 Å². The molecule has 0 spiro atoms. The average molecular weight is 366 g/mol. The first-order chi connectivity index (χ1) is 12.5. The molecule has 0 saturated carbocycles. The van der Waals surface area contributed by atoms with Crippen molar-refractivity contribution in [2.24, 2.45) is 4.40 Å². The number of benzene rings is 2. The molecule has 5 heteroatoms. The zero-order chi connectivity index (χ0) is 18.6. The Morgan fingerprint density at radius 2 is 1.65 bits per heavy atom. The lowest BCUT2D eigenvalue weighted by molar-refractivity contribution is 0.598. The molecule has 0 bridgehead atoms. The topological polar surface area (TPSA) is 62.3 Å². The molecule has 0 unspecified atom stereocenters. The third-order valence-corrected chi connectivity index (χ3v) is 5.53. The number of aryl methyl sites for hydroxylation is 2. The first-order valence-electron chi connectivity index (χ1n) is 8.60. The zero-order valence-electron chi connectivity index (χ0n) is 14.9. The molecule has 134 valence electrons. The predicted molar refractivity (Wildman–Crippen MR) is 105 cm³/mol. The van der Waals surface area contributed by atoms with Crippen LogP contribution in [0.1, 0.15) is 29.4 Å². The summed E-state index contributed by atoms with van der Waals surface area (Å²) in [6.07, 6.45) is 1.29. The molecule has 26 heavy (non-hydrogen) atoms. The summed E-state index contributed by atoms with van der Waals surface area (Å²) in [7, 11) is -3.77. The average Bonchev–Trinajstić information content (AvgIpc) is 3.11. The molecule has 1 N–H and O–H groups in total. The van der Waals surface area contributed by atoms with Crippen molar-refractivity contribution in [3.05, 3.63) is 89.2 Å². The molecule has 1 heterocycles. The summed E-state index contributed by atoms with van der Waals surface area (Å²) in [6.45, 7) is 3.97. The molecule has 3 aromatic rings. The van der Waals surface area contributed by atoms with E-state index in [2.05, 4.69) is 9.38 Å². The largest absolute Gasteiger partial charge is 0.357 e. The second kappa shape index (κ2) is 7.70. The lowest BCUT2D eigenvalue weighted by Crippen LogP contribution is -2.10. The summed E-state index contributed by atoms with van der Waals surface area (Å²) in [6, 6.07) is 20.4. The molecule has 3 rings (SSSR count). The van der Waals surface area contributed by atoms with Crippen molar-refractivity contribution in [3.63, 3.8) is 0 Å². The van der Waals surface area contributed by atoms with Gasteiger partial charge in [-0.2, -0.15) is 12.8 Å². The molecule has 0 aliphatic heterocycles. The van der Waals surface area contributed by atoms with Crippen LogP contribution in [0.15, 0.2) is 76.0 Å². The predicted octanol–water partition coefficient (Wildman–Crippen LogP) is 4.31. The van der Waals surface area contributed by atoms with Crippen LogP contribution >= 0.6 is 0 Å². The van der Waals surface area contributed by atoms with Gasteiger partial charge in [0, 0.05) is 12.1 Å². The zero-order valence-corrected chi connectivity index (χ0v) is 15.8. The van der Waals surface area contributed by atoms with E-state index in [0.717, 1.165) is 28.9 Å². The van der Waals surface area contributed by atoms with Crippen LogP contribution in [0.2, 0.25) is 0 Å². The van der Waals surface area contributed by atoms with E-state index >= 15 is 0 Å². The lowest BCUT2D eigenvalue weighted by Gasteiger charge is -2.07. The van der Waals surface area contributed by atoms with Gasteiger partial charge in [0.2, 0.25) is 0 Å². The van der Waals surface area contributed by atoms with E-state index in [-0.39, 0.29) is 4.90 Å². The summed E-state index contributed by atoms with van der Waals surface area (Å²) < 4.78 is 29.8. The Labute approximate surface area is 154 Å². The van der Waals surface area contributed by atoms with Gasteiger partial charge in [0.25, 0.3) is 10.0 Å². The molecule has 4 nitrogen and oxygen atoms in total. The van der Waals surface area contributed by atoms with E-state index in [4.69, 9.17) is 0 Å². The van der Waals surface area contributed by atoms with Gasteiger partial charge in [-0.25, -0.2) is 0 Å². The van der Waals surface area contributed by atoms with Gasteiger partial charge in [0.1, 0.15) is 0 Å². The molecular formula is C21H22N2O2S. The van der Waals surface area contributed by atoms with Crippen LogP contribution in [0.3, 0.4) is 0 Å². The summed E-state index contributed by atoms with van der Waals surface area (Å²) in [5, 5.41) is 0. The van der Waals surface area contributed by atoms with Crippen LogP contribution in [-0.4, -0.2) is 19.1 Å². The first kappa shape index (κ1) is 18.1. The molecule has 0 amide bonds. The van der Waals surface area contributed by atoms with Gasteiger partial charge in [-0.3, -0.25) is 0 Å². The van der Waals surface area contributed by atoms with Crippen molar-refractivity contribution in [3.8, 4) is 0 Å². The maximum atomic E-state index is 12.8. The highest BCUT2D eigenvalue weighted by Gasteiger charge is 2.17. The number of sulfonamides is 1. The minimum atomic E-state index is -3.77.